The van der Waals surface area contributed by atoms with Crippen LogP contribution in [-0.4, -0.2) is 43.8 Å². The zero-order valence-electron chi connectivity index (χ0n) is 19.9. The highest BCUT2D eigenvalue weighted by Crippen LogP contribution is 2.19. The lowest BCUT2D eigenvalue weighted by molar-refractivity contribution is -0.385. The van der Waals surface area contributed by atoms with Crippen molar-refractivity contribution in [3.8, 4) is 11.3 Å². The predicted octanol–water partition coefficient (Wildman–Crippen LogP) is 3.81. The van der Waals surface area contributed by atoms with Gasteiger partial charge in [0.15, 0.2) is 0 Å². The van der Waals surface area contributed by atoms with E-state index in [-0.39, 0.29) is 23.8 Å². The van der Waals surface area contributed by atoms with Crippen LogP contribution in [0.4, 0.5) is 23.1 Å². The number of anilines is 2. The second-order valence-electron chi connectivity index (χ2n) is 7.96. The second kappa shape index (κ2) is 12.0. The molecule has 1 amide bonds. The SMILES string of the molecule is O=C(NCc1cccc([N+](=O)[O-])c1)c1ccc(-c2ccnc(NCCNc3ccc([N+](=O)[O-])cn3)n2)cc1. The maximum Gasteiger partial charge on any atom is 0.287 e. The third-order valence-electron chi connectivity index (χ3n) is 5.35. The molecule has 0 aliphatic carbocycles. The number of amides is 1. The fraction of sp³-hybridized carbons (Fsp3) is 0.120. The maximum absolute atomic E-state index is 12.5. The van der Waals surface area contributed by atoms with Gasteiger partial charge in [-0.2, -0.15) is 0 Å². The van der Waals surface area contributed by atoms with Gasteiger partial charge in [0.05, 0.1) is 15.5 Å². The lowest BCUT2D eigenvalue weighted by atomic mass is 10.1. The first-order chi connectivity index (χ1) is 18.4. The number of hydrogen-bond donors (Lipinski definition) is 3. The van der Waals surface area contributed by atoms with Crippen molar-refractivity contribution >= 4 is 29.0 Å². The molecular weight excluding hydrogens is 492 g/mol. The molecule has 0 aliphatic rings. The molecule has 2 heterocycles. The maximum atomic E-state index is 12.5. The first-order valence-corrected chi connectivity index (χ1v) is 11.4. The van der Waals surface area contributed by atoms with Gasteiger partial charge in [0, 0.05) is 55.2 Å². The fourth-order valence-electron chi connectivity index (χ4n) is 3.42. The second-order valence-corrected chi connectivity index (χ2v) is 7.96. The summed E-state index contributed by atoms with van der Waals surface area (Å²) in [5.74, 6) is 0.629. The number of hydrogen-bond acceptors (Lipinski definition) is 10. The normalized spacial score (nSPS) is 10.4. The molecule has 13 nitrogen and oxygen atoms in total. The topological polar surface area (TPSA) is 178 Å². The van der Waals surface area contributed by atoms with E-state index in [0.29, 0.717) is 41.7 Å². The smallest absolute Gasteiger partial charge is 0.287 e. The minimum absolute atomic E-state index is 0.0300. The molecular formula is C25H22N8O5. The number of aromatic nitrogens is 3. The van der Waals surface area contributed by atoms with Crippen molar-refractivity contribution in [1.29, 1.82) is 0 Å². The summed E-state index contributed by atoms with van der Waals surface area (Å²) in [6.45, 7) is 1.13. The van der Waals surface area contributed by atoms with Gasteiger partial charge in [-0.3, -0.25) is 25.0 Å². The van der Waals surface area contributed by atoms with Crippen LogP contribution in [0.3, 0.4) is 0 Å². The first kappa shape index (κ1) is 25.6. The van der Waals surface area contributed by atoms with Crippen LogP contribution in [0.1, 0.15) is 15.9 Å². The van der Waals surface area contributed by atoms with E-state index in [2.05, 4.69) is 30.9 Å². The number of carbonyl (C=O) groups excluding carboxylic acids is 1. The molecule has 0 radical (unpaired) electrons. The molecule has 3 N–H and O–H groups in total. The third kappa shape index (κ3) is 6.81. The minimum Gasteiger partial charge on any atom is -0.368 e. The Hall–Kier alpha value is -5.46. The summed E-state index contributed by atoms with van der Waals surface area (Å²) < 4.78 is 0. The number of nitro benzene ring substituents is 1. The molecule has 0 saturated carbocycles. The number of carbonyl (C=O) groups is 1. The predicted molar refractivity (Wildman–Crippen MR) is 140 cm³/mol. The number of nitrogens with one attached hydrogen (secondary N) is 3. The summed E-state index contributed by atoms with van der Waals surface area (Å²) in [6.07, 6.45) is 2.81. The summed E-state index contributed by atoms with van der Waals surface area (Å²) in [4.78, 5) is 45.8. The Kier molecular flexibility index (Phi) is 8.08. The summed E-state index contributed by atoms with van der Waals surface area (Å²) in [5, 5.41) is 30.5. The van der Waals surface area contributed by atoms with Gasteiger partial charge in [-0.15, -0.1) is 0 Å². The first-order valence-electron chi connectivity index (χ1n) is 11.4. The summed E-state index contributed by atoms with van der Waals surface area (Å²) >= 11 is 0. The molecule has 2 aromatic carbocycles. The molecule has 192 valence electrons. The van der Waals surface area contributed by atoms with Gasteiger partial charge in [0.25, 0.3) is 17.3 Å². The highest BCUT2D eigenvalue weighted by molar-refractivity contribution is 5.94. The Labute approximate surface area is 216 Å². The number of nitro groups is 2. The number of nitrogens with zero attached hydrogens (tertiary/aromatic N) is 5. The van der Waals surface area contributed by atoms with Gasteiger partial charge in [0.1, 0.15) is 12.0 Å². The Morgan fingerprint density at radius 1 is 0.842 bits per heavy atom. The van der Waals surface area contributed by atoms with Crippen molar-refractivity contribution in [2.75, 3.05) is 23.7 Å². The van der Waals surface area contributed by atoms with E-state index < -0.39 is 9.85 Å². The van der Waals surface area contributed by atoms with Crippen molar-refractivity contribution in [2.24, 2.45) is 0 Å². The van der Waals surface area contributed by atoms with E-state index in [1.54, 1.807) is 48.7 Å². The molecule has 0 aliphatic heterocycles. The van der Waals surface area contributed by atoms with Gasteiger partial charge < -0.3 is 16.0 Å². The van der Waals surface area contributed by atoms with Crippen molar-refractivity contribution < 1.29 is 14.6 Å². The standard InChI is InChI=1S/C25H22N8O5/c34-24(30-15-17-2-1-3-20(14-17)32(35)36)19-6-4-18(5-7-19)22-10-11-27-25(31-22)28-13-12-26-23-9-8-21(16-29-23)33(37)38/h1-11,14,16H,12-13,15H2,(H,26,29)(H,30,34)(H,27,28,31). The van der Waals surface area contributed by atoms with E-state index >= 15 is 0 Å². The van der Waals surface area contributed by atoms with Gasteiger partial charge in [0.2, 0.25) is 5.95 Å². The number of non-ortho nitro benzene ring substituents is 1. The van der Waals surface area contributed by atoms with E-state index in [1.807, 2.05) is 0 Å². The molecule has 38 heavy (non-hydrogen) atoms. The van der Waals surface area contributed by atoms with Crippen LogP contribution in [-0.2, 0) is 6.54 Å². The Balaban J connectivity index is 1.29. The molecule has 0 bridgehead atoms. The fourth-order valence-corrected chi connectivity index (χ4v) is 3.42. The largest absolute Gasteiger partial charge is 0.368 e. The van der Waals surface area contributed by atoms with Crippen LogP contribution >= 0.6 is 0 Å². The molecule has 0 unspecified atom stereocenters. The third-order valence-corrected chi connectivity index (χ3v) is 5.35. The lowest BCUT2D eigenvalue weighted by Crippen LogP contribution is -2.22. The van der Waals surface area contributed by atoms with Gasteiger partial charge in [-0.05, 0) is 29.8 Å². The molecule has 0 atom stereocenters. The van der Waals surface area contributed by atoms with Crippen LogP contribution in [0, 0.1) is 20.2 Å². The molecule has 0 fully saturated rings. The quantitative estimate of drug-likeness (QED) is 0.151. The molecule has 2 aromatic heterocycles. The summed E-state index contributed by atoms with van der Waals surface area (Å²) in [6, 6.07) is 17.7. The average molecular weight is 515 g/mol. The van der Waals surface area contributed by atoms with Crippen LogP contribution < -0.4 is 16.0 Å². The van der Waals surface area contributed by atoms with Crippen molar-refractivity contribution in [3.05, 3.63) is 110 Å². The molecule has 0 spiro atoms. The average Bonchev–Trinajstić information content (AvgIpc) is 2.94. The molecule has 13 heteroatoms. The number of benzene rings is 2. The summed E-state index contributed by atoms with van der Waals surface area (Å²) in [7, 11) is 0. The molecule has 0 saturated heterocycles. The van der Waals surface area contributed by atoms with E-state index in [0.717, 1.165) is 5.56 Å². The van der Waals surface area contributed by atoms with E-state index in [4.69, 9.17) is 0 Å². The monoisotopic (exact) mass is 514 g/mol. The highest BCUT2D eigenvalue weighted by Gasteiger charge is 2.10. The van der Waals surface area contributed by atoms with E-state index in [9.17, 15) is 25.0 Å². The Morgan fingerprint density at radius 3 is 2.32 bits per heavy atom. The number of rotatable bonds is 11. The van der Waals surface area contributed by atoms with Crippen molar-refractivity contribution in [2.45, 2.75) is 6.54 Å². The van der Waals surface area contributed by atoms with Crippen molar-refractivity contribution in [3.63, 3.8) is 0 Å². The molecule has 4 aromatic rings. The van der Waals surface area contributed by atoms with Gasteiger partial charge >= 0.3 is 0 Å². The highest BCUT2D eigenvalue weighted by atomic mass is 16.6. The summed E-state index contributed by atoms with van der Waals surface area (Å²) in [5.41, 5.74) is 2.42. The van der Waals surface area contributed by atoms with Gasteiger partial charge in [-0.1, -0.05) is 24.3 Å². The zero-order chi connectivity index (χ0) is 26.9. The lowest BCUT2D eigenvalue weighted by Gasteiger charge is -2.09. The zero-order valence-corrected chi connectivity index (χ0v) is 19.9. The van der Waals surface area contributed by atoms with Crippen LogP contribution in [0.15, 0.2) is 79.1 Å². The minimum atomic E-state index is -0.506. The van der Waals surface area contributed by atoms with Crippen LogP contribution in [0.25, 0.3) is 11.3 Å². The van der Waals surface area contributed by atoms with E-state index in [1.165, 1.54) is 30.5 Å². The Bertz CT molecular complexity index is 1450. The van der Waals surface area contributed by atoms with Crippen LogP contribution in [0.2, 0.25) is 0 Å². The van der Waals surface area contributed by atoms with Gasteiger partial charge in [-0.25, -0.2) is 15.0 Å². The number of pyridine rings is 1. The molecule has 4 rings (SSSR count). The van der Waals surface area contributed by atoms with Crippen LogP contribution in [0.5, 0.6) is 0 Å². The Morgan fingerprint density at radius 2 is 1.61 bits per heavy atom. The van der Waals surface area contributed by atoms with Crippen molar-refractivity contribution in [1.82, 2.24) is 20.3 Å².